The molecule has 0 unspecified atom stereocenters. The molecule has 2 heterocycles. The molecule has 0 bridgehead atoms. The third kappa shape index (κ3) is 3.44. The average molecular weight is 353 g/mol. The number of thiophene rings is 1. The van der Waals surface area contributed by atoms with Gasteiger partial charge in [-0.15, -0.1) is 21.5 Å². The summed E-state index contributed by atoms with van der Waals surface area (Å²) in [5.74, 6) is -0.876. The highest BCUT2D eigenvalue weighted by molar-refractivity contribution is 7.99. The molecule has 3 rings (SSSR count). The third-order valence-corrected chi connectivity index (χ3v) is 5.24. The van der Waals surface area contributed by atoms with E-state index < -0.39 is 17.7 Å². The zero-order valence-electron chi connectivity index (χ0n) is 12.1. The quantitative estimate of drug-likeness (QED) is 0.712. The van der Waals surface area contributed by atoms with Crippen LogP contribution in [0.4, 0.5) is 8.78 Å². The molecule has 0 spiro atoms. The highest BCUT2D eigenvalue weighted by Crippen LogP contribution is 2.28. The Kier molecular flexibility index (Phi) is 4.74. The van der Waals surface area contributed by atoms with E-state index in [1.807, 2.05) is 29.1 Å². The highest BCUT2D eigenvalue weighted by Gasteiger charge is 2.15. The standard InChI is InChI=1S/C15H13F2N3OS2/c1-20-14(13-3-2-6-22-13)18-19-15(20)23-8-12(21)9-4-5-10(16)11(17)7-9/h2-7,12,21H,8H2,1H3/t12-/m0/s1. The van der Waals surface area contributed by atoms with Gasteiger partial charge in [0, 0.05) is 12.8 Å². The summed E-state index contributed by atoms with van der Waals surface area (Å²) in [7, 11) is 1.85. The molecule has 4 nitrogen and oxygen atoms in total. The van der Waals surface area contributed by atoms with Crippen LogP contribution < -0.4 is 0 Å². The second-order valence-electron chi connectivity index (χ2n) is 4.84. The van der Waals surface area contributed by atoms with Crippen molar-refractivity contribution in [3.8, 4) is 10.7 Å². The molecule has 1 atom stereocenters. The van der Waals surface area contributed by atoms with Crippen molar-refractivity contribution >= 4 is 23.1 Å². The molecule has 0 aliphatic carbocycles. The fraction of sp³-hybridized carbons (Fsp3) is 0.200. The molecule has 0 aliphatic heterocycles. The first-order valence-electron chi connectivity index (χ1n) is 6.75. The maximum atomic E-state index is 13.2. The zero-order chi connectivity index (χ0) is 16.4. The number of rotatable bonds is 5. The van der Waals surface area contributed by atoms with E-state index in [0.717, 1.165) is 22.8 Å². The van der Waals surface area contributed by atoms with Gasteiger partial charge in [0.25, 0.3) is 0 Å². The molecule has 120 valence electrons. The number of halogens is 2. The van der Waals surface area contributed by atoms with Crippen molar-refractivity contribution < 1.29 is 13.9 Å². The van der Waals surface area contributed by atoms with Gasteiger partial charge in [-0.25, -0.2) is 8.78 Å². The summed E-state index contributed by atoms with van der Waals surface area (Å²) in [6, 6.07) is 7.29. The maximum Gasteiger partial charge on any atom is 0.191 e. The van der Waals surface area contributed by atoms with Gasteiger partial charge in [0.15, 0.2) is 22.6 Å². The minimum Gasteiger partial charge on any atom is -0.388 e. The van der Waals surface area contributed by atoms with E-state index in [2.05, 4.69) is 10.2 Å². The fourth-order valence-electron chi connectivity index (χ4n) is 2.03. The maximum absolute atomic E-state index is 13.2. The molecular formula is C15H13F2N3OS2. The third-order valence-electron chi connectivity index (χ3n) is 3.28. The summed E-state index contributed by atoms with van der Waals surface area (Å²) in [5.41, 5.74) is 0.331. The lowest BCUT2D eigenvalue weighted by Crippen LogP contribution is -2.03. The average Bonchev–Trinajstić information content (AvgIpc) is 3.17. The minimum atomic E-state index is -0.967. The number of hydrogen-bond acceptors (Lipinski definition) is 5. The van der Waals surface area contributed by atoms with Gasteiger partial charge in [0.2, 0.25) is 0 Å². The van der Waals surface area contributed by atoms with Gasteiger partial charge in [-0.05, 0) is 29.1 Å². The van der Waals surface area contributed by atoms with E-state index in [1.165, 1.54) is 17.8 Å². The fourth-order valence-corrected chi connectivity index (χ4v) is 3.65. The number of aliphatic hydroxyl groups is 1. The van der Waals surface area contributed by atoms with Crippen molar-refractivity contribution in [2.45, 2.75) is 11.3 Å². The van der Waals surface area contributed by atoms with Crippen LogP contribution in [0.1, 0.15) is 11.7 Å². The van der Waals surface area contributed by atoms with Crippen LogP contribution in [-0.2, 0) is 7.05 Å². The Bertz CT molecular complexity index is 805. The summed E-state index contributed by atoms with van der Waals surface area (Å²) < 4.78 is 28.0. The Labute approximate surface area is 139 Å². The molecule has 0 fully saturated rings. The van der Waals surface area contributed by atoms with Crippen molar-refractivity contribution in [2.75, 3.05) is 5.75 Å². The first-order chi connectivity index (χ1) is 11.1. The van der Waals surface area contributed by atoms with Gasteiger partial charge < -0.3 is 9.67 Å². The van der Waals surface area contributed by atoms with Gasteiger partial charge in [-0.3, -0.25) is 0 Å². The van der Waals surface area contributed by atoms with E-state index in [9.17, 15) is 13.9 Å². The number of aliphatic hydroxyl groups excluding tert-OH is 1. The Morgan fingerprint density at radius 2 is 2.09 bits per heavy atom. The Hall–Kier alpha value is -1.77. The predicted octanol–water partition coefficient (Wildman–Crippen LogP) is 3.65. The summed E-state index contributed by atoms with van der Waals surface area (Å²) >= 11 is 2.87. The summed E-state index contributed by atoms with van der Waals surface area (Å²) in [6.45, 7) is 0. The molecule has 3 aromatic rings. The first kappa shape index (κ1) is 16.1. The molecule has 0 saturated heterocycles. The Morgan fingerprint density at radius 3 is 2.78 bits per heavy atom. The second-order valence-corrected chi connectivity index (χ2v) is 6.78. The van der Waals surface area contributed by atoms with E-state index >= 15 is 0 Å². The summed E-state index contributed by atoms with van der Waals surface area (Å²) in [6.07, 6.45) is -0.919. The molecule has 8 heteroatoms. The number of benzene rings is 1. The smallest absolute Gasteiger partial charge is 0.191 e. The van der Waals surface area contributed by atoms with Crippen LogP contribution >= 0.6 is 23.1 Å². The van der Waals surface area contributed by atoms with Crippen LogP contribution in [0.2, 0.25) is 0 Å². The van der Waals surface area contributed by atoms with Gasteiger partial charge in [0.1, 0.15) is 0 Å². The Balaban J connectivity index is 1.70. The van der Waals surface area contributed by atoms with E-state index in [-0.39, 0.29) is 5.75 Å². The van der Waals surface area contributed by atoms with E-state index in [1.54, 1.807) is 11.3 Å². The first-order valence-corrected chi connectivity index (χ1v) is 8.62. The molecule has 1 N–H and O–H groups in total. The molecule has 0 saturated carbocycles. The predicted molar refractivity (Wildman–Crippen MR) is 86.4 cm³/mol. The topological polar surface area (TPSA) is 50.9 Å². The highest BCUT2D eigenvalue weighted by atomic mass is 32.2. The minimum absolute atomic E-state index is 0.265. The number of thioether (sulfide) groups is 1. The zero-order valence-corrected chi connectivity index (χ0v) is 13.7. The van der Waals surface area contributed by atoms with Crippen molar-refractivity contribution in [1.29, 1.82) is 0 Å². The van der Waals surface area contributed by atoms with E-state index in [4.69, 9.17) is 0 Å². The molecule has 0 amide bonds. The van der Waals surface area contributed by atoms with Crippen LogP contribution in [0.25, 0.3) is 10.7 Å². The largest absolute Gasteiger partial charge is 0.388 e. The van der Waals surface area contributed by atoms with Crippen LogP contribution in [-0.4, -0.2) is 25.6 Å². The SMILES string of the molecule is Cn1c(SC[C@H](O)c2ccc(F)c(F)c2)nnc1-c1cccs1. The van der Waals surface area contributed by atoms with Crippen molar-refractivity contribution in [1.82, 2.24) is 14.8 Å². The van der Waals surface area contributed by atoms with Crippen LogP contribution in [0.15, 0.2) is 40.9 Å². The van der Waals surface area contributed by atoms with Crippen LogP contribution in [0.5, 0.6) is 0 Å². The van der Waals surface area contributed by atoms with Gasteiger partial charge in [-0.2, -0.15) is 0 Å². The molecule has 0 aliphatic rings. The van der Waals surface area contributed by atoms with Gasteiger partial charge in [0.05, 0.1) is 11.0 Å². The molecule has 0 radical (unpaired) electrons. The summed E-state index contributed by atoms with van der Waals surface area (Å²) in [5, 5.41) is 21.0. The van der Waals surface area contributed by atoms with Crippen molar-refractivity contribution in [3.63, 3.8) is 0 Å². The van der Waals surface area contributed by atoms with Crippen molar-refractivity contribution in [3.05, 3.63) is 52.9 Å². The lowest BCUT2D eigenvalue weighted by atomic mass is 10.1. The Morgan fingerprint density at radius 1 is 1.26 bits per heavy atom. The van der Waals surface area contributed by atoms with Gasteiger partial charge in [-0.1, -0.05) is 23.9 Å². The lowest BCUT2D eigenvalue weighted by Gasteiger charge is -2.10. The summed E-state index contributed by atoms with van der Waals surface area (Å²) in [4.78, 5) is 1.01. The molecular weight excluding hydrogens is 340 g/mol. The van der Waals surface area contributed by atoms with Crippen LogP contribution in [0, 0.1) is 11.6 Å². The second kappa shape index (κ2) is 6.77. The molecule has 23 heavy (non-hydrogen) atoms. The number of hydrogen-bond donors (Lipinski definition) is 1. The van der Waals surface area contributed by atoms with Gasteiger partial charge >= 0.3 is 0 Å². The molecule has 1 aromatic carbocycles. The van der Waals surface area contributed by atoms with E-state index in [0.29, 0.717) is 10.7 Å². The van der Waals surface area contributed by atoms with Crippen LogP contribution in [0.3, 0.4) is 0 Å². The molecule has 2 aromatic heterocycles. The lowest BCUT2D eigenvalue weighted by molar-refractivity contribution is 0.203. The van der Waals surface area contributed by atoms with Crippen molar-refractivity contribution in [2.24, 2.45) is 7.05 Å². The number of nitrogens with zero attached hydrogens (tertiary/aromatic N) is 3. The normalized spacial score (nSPS) is 12.5. The monoisotopic (exact) mass is 353 g/mol. The number of aromatic nitrogens is 3.